The Labute approximate surface area is 193 Å². The molecule has 3 aromatic carbocycles. The van der Waals surface area contributed by atoms with Crippen molar-refractivity contribution in [1.29, 1.82) is 0 Å². The molecule has 8 heteroatoms. The molecule has 0 saturated carbocycles. The van der Waals surface area contributed by atoms with Crippen molar-refractivity contribution in [3.63, 3.8) is 0 Å². The topological polar surface area (TPSA) is 75.7 Å². The number of halogens is 1. The summed E-state index contributed by atoms with van der Waals surface area (Å²) in [6.45, 7) is 4.16. The van der Waals surface area contributed by atoms with E-state index in [-0.39, 0.29) is 18.0 Å². The zero-order valence-corrected chi connectivity index (χ0v) is 19.5. The fourth-order valence-electron chi connectivity index (χ4n) is 3.02. The number of rotatable bonds is 9. The number of benzene rings is 3. The predicted octanol–water partition coefficient (Wildman–Crippen LogP) is 4.56. The van der Waals surface area contributed by atoms with Gasteiger partial charge in [0, 0.05) is 11.6 Å². The molecule has 0 aliphatic rings. The van der Waals surface area contributed by atoms with Crippen molar-refractivity contribution in [2.24, 2.45) is 0 Å². The number of carbonyl (C=O) groups is 1. The third-order valence-corrected chi connectivity index (χ3v) is 6.77. The second kappa shape index (κ2) is 10.5. The monoisotopic (exact) mass is 472 g/mol. The maximum Gasteiger partial charge on any atom is 0.264 e. The molecular weight excluding hydrogens is 448 g/mol. The summed E-state index contributed by atoms with van der Waals surface area (Å²) in [4.78, 5) is 12.8. The lowest BCUT2D eigenvalue weighted by molar-refractivity contribution is -0.119. The van der Waals surface area contributed by atoms with Gasteiger partial charge in [0.25, 0.3) is 10.0 Å². The average molecular weight is 473 g/mol. The lowest BCUT2D eigenvalue weighted by Gasteiger charge is -2.24. The minimum Gasteiger partial charge on any atom is -0.494 e. The van der Waals surface area contributed by atoms with Crippen LogP contribution in [0.5, 0.6) is 5.75 Å². The van der Waals surface area contributed by atoms with Crippen molar-refractivity contribution in [1.82, 2.24) is 5.32 Å². The second-order valence-electron chi connectivity index (χ2n) is 7.15. The Hall–Kier alpha value is -3.03. The van der Waals surface area contributed by atoms with Gasteiger partial charge in [-0.2, -0.15) is 0 Å². The number of hydrogen-bond acceptors (Lipinski definition) is 4. The number of aryl methyl sites for hydroxylation is 1. The molecule has 32 heavy (non-hydrogen) atoms. The summed E-state index contributed by atoms with van der Waals surface area (Å²) in [7, 11) is -3.98. The van der Waals surface area contributed by atoms with Crippen LogP contribution in [0.25, 0.3) is 0 Å². The van der Waals surface area contributed by atoms with Crippen LogP contribution in [0.15, 0.2) is 77.7 Å². The molecular formula is C24H25ClN2O4S. The molecule has 1 amide bonds. The summed E-state index contributed by atoms with van der Waals surface area (Å²) in [5.41, 5.74) is 2.25. The van der Waals surface area contributed by atoms with Gasteiger partial charge >= 0.3 is 0 Å². The second-order valence-corrected chi connectivity index (χ2v) is 9.45. The van der Waals surface area contributed by atoms with Crippen LogP contribution < -0.4 is 14.4 Å². The molecule has 0 aromatic heterocycles. The Kier molecular flexibility index (Phi) is 7.77. The molecule has 0 atom stereocenters. The summed E-state index contributed by atoms with van der Waals surface area (Å²) in [5.74, 6) is 0.157. The van der Waals surface area contributed by atoms with Gasteiger partial charge in [-0.15, -0.1) is 0 Å². The molecule has 6 nitrogen and oxygen atoms in total. The zero-order valence-electron chi connectivity index (χ0n) is 17.9. The number of nitrogens with one attached hydrogen (secondary N) is 1. The third-order valence-electron chi connectivity index (χ3n) is 4.73. The highest BCUT2D eigenvalue weighted by Gasteiger charge is 2.27. The molecule has 0 heterocycles. The van der Waals surface area contributed by atoms with Gasteiger partial charge in [0.05, 0.1) is 17.2 Å². The first-order valence-electron chi connectivity index (χ1n) is 10.1. The molecule has 168 valence electrons. The first-order valence-corrected chi connectivity index (χ1v) is 11.9. The predicted molar refractivity (Wildman–Crippen MR) is 127 cm³/mol. The highest BCUT2D eigenvalue weighted by molar-refractivity contribution is 7.92. The Bertz CT molecular complexity index is 1150. The van der Waals surface area contributed by atoms with E-state index >= 15 is 0 Å². The van der Waals surface area contributed by atoms with E-state index in [0.29, 0.717) is 23.1 Å². The quantitative estimate of drug-likeness (QED) is 0.495. The van der Waals surface area contributed by atoms with E-state index < -0.39 is 15.9 Å². The van der Waals surface area contributed by atoms with Gasteiger partial charge in [-0.25, -0.2) is 8.42 Å². The Morgan fingerprint density at radius 3 is 2.19 bits per heavy atom. The lowest BCUT2D eigenvalue weighted by Crippen LogP contribution is -2.40. The zero-order chi connectivity index (χ0) is 23.1. The molecule has 1 N–H and O–H groups in total. The minimum absolute atomic E-state index is 0.0760. The summed E-state index contributed by atoms with van der Waals surface area (Å²) in [5, 5.41) is 3.38. The highest BCUT2D eigenvalue weighted by Crippen LogP contribution is 2.25. The molecule has 3 rings (SSSR count). The average Bonchev–Trinajstić information content (AvgIpc) is 2.78. The first kappa shape index (κ1) is 23.6. The molecule has 0 unspecified atom stereocenters. The largest absolute Gasteiger partial charge is 0.494 e. The van der Waals surface area contributed by atoms with Crippen molar-refractivity contribution in [2.45, 2.75) is 25.3 Å². The van der Waals surface area contributed by atoms with Gasteiger partial charge in [-0.05, 0) is 67.9 Å². The van der Waals surface area contributed by atoms with E-state index in [1.54, 1.807) is 48.5 Å². The smallest absolute Gasteiger partial charge is 0.264 e. The van der Waals surface area contributed by atoms with Crippen LogP contribution >= 0.6 is 11.6 Å². The molecule has 0 spiro atoms. The van der Waals surface area contributed by atoms with Gasteiger partial charge in [-0.3, -0.25) is 9.10 Å². The van der Waals surface area contributed by atoms with Gasteiger partial charge in [-0.1, -0.05) is 41.4 Å². The van der Waals surface area contributed by atoms with Crippen LogP contribution in [0.1, 0.15) is 18.1 Å². The maximum atomic E-state index is 13.4. The van der Waals surface area contributed by atoms with Crippen molar-refractivity contribution < 1.29 is 17.9 Å². The normalized spacial score (nSPS) is 11.1. The Morgan fingerprint density at radius 2 is 1.59 bits per heavy atom. The number of sulfonamides is 1. The Balaban J connectivity index is 1.83. The molecule has 0 fully saturated rings. The summed E-state index contributed by atoms with van der Waals surface area (Å²) >= 11 is 5.89. The number of nitrogens with zero attached hydrogens (tertiary/aromatic N) is 1. The van der Waals surface area contributed by atoms with E-state index in [1.165, 1.54) is 12.1 Å². The molecule has 0 aliphatic carbocycles. The van der Waals surface area contributed by atoms with Crippen LogP contribution in [0.3, 0.4) is 0 Å². The van der Waals surface area contributed by atoms with E-state index in [2.05, 4.69) is 5.32 Å². The van der Waals surface area contributed by atoms with Crippen LogP contribution in [-0.2, 0) is 21.4 Å². The SMILES string of the molecule is CCOc1ccc(S(=O)(=O)N(CC(=O)NCc2ccc(Cl)cc2)c2ccc(C)cc2)cc1. The lowest BCUT2D eigenvalue weighted by atomic mass is 10.2. The van der Waals surface area contributed by atoms with Crippen LogP contribution in [0.2, 0.25) is 5.02 Å². The van der Waals surface area contributed by atoms with Gasteiger partial charge < -0.3 is 10.1 Å². The number of hydrogen-bond donors (Lipinski definition) is 1. The third kappa shape index (κ3) is 6.02. The Morgan fingerprint density at radius 1 is 0.969 bits per heavy atom. The first-order chi connectivity index (χ1) is 15.3. The van der Waals surface area contributed by atoms with Crippen molar-refractivity contribution in [2.75, 3.05) is 17.5 Å². The fourth-order valence-corrected chi connectivity index (χ4v) is 4.56. The number of ether oxygens (including phenoxy) is 1. The summed E-state index contributed by atoms with van der Waals surface area (Å²) in [6.07, 6.45) is 0. The van der Waals surface area contributed by atoms with Crippen LogP contribution in [-0.4, -0.2) is 27.5 Å². The number of anilines is 1. The van der Waals surface area contributed by atoms with E-state index in [4.69, 9.17) is 16.3 Å². The van der Waals surface area contributed by atoms with Gasteiger partial charge in [0.2, 0.25) is 5.91 Å². The number of carbonyl (C=O) groups excluding carboxylic acids is 1. The summed E-state index contributed by atoms with van der Waals surface area (Å²) < 4.78 is 33.4. The van der Waals surface area contributed by atoms with Crippen molar-refractivity contribution in [3.05, 3.63) is 88.9 Å². The summed E-state index contributed by atoms with van der Waals surface area (Å²) in [6, 6.07) is 20.2. The standard InChI is InChI=1S/C24H25ClN2O4S/c1-3-31-22-12-14-23(15-13-22)32(29,30)27(21-10-4-18(2)5-11-21)17-24(28)26-16-19-6-8-20(25)9-7-19/h4-15H,3,16-17H2,1-2H3,(H,26,28). The molecule has 0 bridgehead atoms. The highest BCUT2D eigenvalue weighted by atomic mass is 35.5. The van der Waals surface area contributed by atoms with Crippen molar-refractivity contribution in [3.8, 4) is 5.75 Å². The van der Waals surface area contributed by atoms with Crippen LogP contribution in [0.4, 0.5) is 5.69 Å². The minimum atomic E-state index is -3.98. The van der Waals surface area contributed by atoms with Gasteiger partial charge in [0.1, 0.15) is 12.3 Å². The van der Waals surface area contributed by atoms with Gasteiger partial charge in [0.15, 0.2) is 0 Å². The number of amides is 1. The molecule has 3 aromatic rings. The van der Waals surface area contributed by atoms with Crippen LogP contribution in [0, 0.1) is 6.92 Å². The molecule has 0 saturated heterocycles. The van der Waals surface area contributed by atoms with E-state index in [9.17, 15) is 13.2 Å². The van der Waals surface area contributed by atoms with E-state index in [0.717, 1.165) is 15.4 Å². The fraction of sp³-hybridized carbons (Fsp3) is 0.208. The maximum absolute atomic E-state index is 13.4. The van der Waals surface area contributed by atoms with Crippen molar-refractivity contribution >= 4 is 33.2 Å². The van der Waals surface area contributed by atoms with E-state index in [1.807, 2.05) is 26.0 Å². The molecule has 0 aliphatic heterocycles. The molecule has 0 radical (unpaired) electrons.